The van der Waals surface area contributed by atoms with Crippen molar-refractivity contribution >= 4 is 26.8 Å². The highest BCUT2D eigenvalue weighted by molar-refractivity contribution is 9.10. The number of H-pyrrole nitrogens is 1. The molecular formula is C7H6BrN3. The molecule has 11 heavy (non-hydrogen) atoms. The number of pyridine rings is 1. The van der Waals surface area contributed by atoms with Gasteiger partial charge in [-0.05, 0) is 22.9 Å². The molecule has 0 aliphatic carbocycles. The Morgan fingerprint density at radius 3 is 3.00 bits per heavy atom. The molecule has 2 aromatic rings. The first-order valence-electron chi connectivity index (χ1n) is 3.23. The Balaban J connectivity index is 2.94. The molecule has 0 saturated carbocycles. The first-order valence-corrected chi connectivity index (χ1v) is 4.02. The average Bonchev–Trinajstić information content (AvgIpc) is 2.35. The van der Waals surface area contributed by atoms with Crippen LogP contribution in [0.25, 0.3) is 10.9 Å². The molecule has 4 heteroatoms. The van der Waals surface area contributed by atoms with E-state index >= 15 is 0 Å². The number of fused-ring (bicyclic) bond motifs is 1. The largest absolute Gasteiger partial charge is 0.276 e. The van der Waals surface area contributed by atoms with E-state index in [1.54, 1.807) is 12.4 Å². The summed E-state index contributed by atoms with van der Waals surface area (Å²) in [4.78, 5) is 4.04. The molecule has 0 unspecified atom stereocenters. The lowest BCUT2D eigenvalue weighted by atomic mass is 10.3. The molecule has 0 aliphatic heterocycles. The van der Waals surface area contributed by atoms with E-state index in [0.717, 1.165) is 21.1 Å². The Morgan fingerprint density at radius 1 is 1.45 bits per heavy atom. The van der Waals surface area contributed by atoms with Crippen LogP contribution in [0.1, 0.15) is 5.69 Å². The monoisotopic (exact) mass is 211 g/mol. The molecule has 0 spiro atoms. The summed E-state index contributed by atoms with van der Waals surface area (Å²) in [6.07, 6.45) is 3.55. The van der Waals surface area contributed by atoms with Crippen LogP contribution in [0.3, 0.4) is 0 Å². The van der Waals surface area contributed by atoms with Crippen LogP contribution in [-0.4, -0.2) is 15.2 Å². The minimum Gasteiger partial charge on any atom is -0.276 e. The Labute approximate surface area is 72.0 Å². The van der Waals surface area contributed by atoms with E-state index in [-0.39, 0.29) is 0 Å². The van der Waals surface area contributed by atoms with Crippen molar-refractivity contribution < 1.29 is 0 Å². The fourth-order valence-electron chi connectivity index (χ4n) is 1.02. The van der Waals surface area contributed by atoms with Gasteiger partial charge in [-0.1, -0.05) is 0 Å². The highest BCUT2D eigenvalue weighted by Gasteiger charge is 2.02. The molecule has 0 radical (unpaired) electrons. The lowest BCUT2D eigenvalue weighted by Crippen LogP contribution is -1.74. The van der Waals surface area contributed by atoms with Crippen molar-refractivity contribution in [2.24, 2.45) is 0 Å². The molecule has 0 fully saturated rings. The van der Waals surface area contributed by atoms with Gasteiger partial charge in [0.05, 0.1) is 15.7 Å². The first kappa shape index (κ1) is 6.79. The molecule has 56 valence electrons. The van der Waals surface area contributed by atoms with Crippen molar-refractivity contribution in [3.05, 3.63) is 22.6 Å². The van der Waals surface area contributed by atoms with Gasteiger partial charge in [0.25, 0.3) is 0 Å². The second-order valence-corrected chi connectivity index (χ2v) is 3.21. The van der Waals surface area contributed by atoms with E-state index < -0.39 is 0 Å². The van der Waals surface area contributed by atoms with Crippen molar-refractivity contribution in [1.82, 2.24) is 15.2 Å². The van der Waals surface area contributed by atoms with Crippen molar-refractivity contribution in [1.29, 1.82) is 0 Å². The van der Waals surface area contributed by atoms with E-state index in [1.807, 2.05) is 6.92 Å². The smallest absolute Gasteiger partial charge is 0.0826 e. The lowest BCUT2D eigenvalue weighted by Gasteiger charge is -1.90. The van der Waals surface area contributed by atoms with Crippen LogP contribution in [0, 0.1) is 6.92 Å². The van der Waals surface area contributed by atoms with Crippen molar-refractivity contribution in [2.75, 3.05) is 0 Å². The second-order valence-electron chi connectivity index (χ2n) is 2.35. The molecule has 0 atom stereocenters. The Hall–Kier alpha value is -0.900. The maximum Gasteiger partial charge on any atom is 0.0826 e. The second kappa shape index (κ2) is 2.30. The van der Waals surface area contributed by atoms with Gasteiger partial charge in [0.1, 0.15) is 0 Å². The highest BCUT2D eigenvalue weighted by atomic mass is 79.9. The molecule has 0 saturated heterocycles. The zero-order valence-electron chi connectivity index (χ0n) is 5.93. The SMILES string of the molecule is Cc1n[nH]c2c(Br)cncc12. The Bertz CT molecular complexity index is 393. The minimum absolute atomic E-state index is 0.954. The summed E-state index contributed by atoms with van der Waals surface area (Å²) in [5.74, 6) is 0. The molecular weight excluding hydrogens is 206 g/mol. The van der Waals surface area contributed by atoms with Gasteiger partial charge >= 0.3 is 0 Å². The molecule has 1 N–H and O–H groups in total. The van der Waals surface area contributed by atoms with Crippen molar-refractivity contribution in [3.63, 3.8) is 0 Å². The van der Waals surface area contributed by atoms with E-state index in [2.05, 4.69) is 31.1 Å². The molecule has 2 heterocycles. The zero-order valence-corrected chi connectivity index (χ0v) is 7.51. The number of hydrogen-bond acceptors (Lipinski definition) is 2. The third-order valence-electron chi connectivity index (χ3n) is 1.62. The van der Waals surface area contributed by atoms with Crippen LogP contribution in [0.2, 0.25) is 0 Å². The number of rotatable bonds is 0. The fourth-order valence-corrected chi connectivity index (χ4v) is 1.44. The summed E-state index contributed by atoms with van der Waals surface area (Å²) in [5, 5.41) is 8.05. The zero-order chi connectivity index (χ0) is 7.84. The summed E-state index contributed by atoms with van der Waals surface area (Å²) in [7, 11) is 0. The lowest BCUT2D eigenvalue weighted by molar-refractivity contribution is 1.07. The summed E-state index contributed by atoms with van der Waals surface area (Å²) in [6, 6.07) is 0. The van der Waals surface area contributed by atoms with Gasteiger partial charge in [-0.25, -0.2) is 0 Å². The third kappa shape index (κ3) is 0.939. The number of aromatic nitrogens is 3. The number of halogens is 1. The topological polar surface area (TPSA) is 41.6 Å². The van der Waals surface area contributed by atoms with Gasteiger partial charge in [-0.2, -0.15) is 5.10 Å². The summed E-state index contributed by atoms with van der Waals surface area (Å²) < 4.78 is 0.954. The predicted molar refractivity (Wildman–Crippen MR) is 46.3 cm³/mol. The quantitative estimate of drug-likeness (QED) is 0.725. The Kier molecular flexibility index (Phi) is 1.42. The van der Waals surface area contributed by atoms with Crippen LogP contribution in [0.5, 0.6) is 0 Å². The van der Waals surface area contributed by atoms with E-state index in [1.165, 1.54) is 0 Å². The van der Waals surface area contributed by atoms with Crippen molar-refractivity contribution in [2.45, 2.75) is 6.92 Å². The van der Waals surface area contributed by atoms with Crippen LogP contribution >= 0.6 is 15.9 Å². The average molecular weight is 212 g/mol. The maximum atomic E-state index is 4.06. The van der Waals surface area contributed by atoms with E-state index in [9.17, 15) is 0 Å². The Morgan fingerprint density at radius 2 is 2.27 bits per heavy atom. The van der Waals surface area contributed by atoms with Crippen LogP contribution in [-0.2, 0) is 0 Å². The number of hydrogen-bond donors (Lipinski definition) is 1. The fraction of sp³-hybridized carbons (Fsp3) is 0.143. The molecule has 0 amide bonds. The number of nitrogens with one attached hydrogen (secondary N) is 1. The molecule has 2 aromatic heterocycles. The molecule has 0 aromatic carbocycles. The summed E-state index contributed by atoms with van der Waals surface area (Å²) in [5.41, 5.74) is 1.99. The first-order chi connectivity index (χ1) is 5.29. The number of nitrogens with zero attached hydrogens (tertiary/aromatic N) is 2. The summed E-state index contributed by atoms with van der Waals surface area (Å²) in [6.45, 7) is 1.95. The number of aryl methyl sites for hydroxylation is 1. The highest BCUT2D eigenvalue weighted by Crippen LogP contribution is 2.21. The van der Waals surface area contributed by atoms with Crippen LogP contribution in [0.15, 0.2) is 16.9 Å². The van der Waals surface area contributed by atoms with Crippen LogP contribution < -0.4 is 0 Å². The molecule has 3 nitrogen and oxygen atoms in total. The van der Waals surface area contributed by atoms with Gasteiger partial charge in [0.2, 0.25) is 0 Å². The van der Waals surface area contributed by atoms with Gasteiger partial charge in [-0.15, -0.1) is 0 Å². The van der Waals surface area contributed by atoms with Crippen molar-refractivity contribution in [3.8, 4) is 0 Å². The van der Waals surface area contributed by atoms with Gasteiger partial charge in [0, 0.05) is 17.8 Å². The molecule has 2 rings (SSSR count). The van der Waals surface area contributed by atoms with E-state index in [0.29, 0.717) is 0 Å². The normalized spacial score (nSPS) is 10.7. The maximum absolute atomic E-state index is 4.06. The molecule has 0 aliphatic rings. The van der Waals surface area contributed by atoms with Gasteiger partial charge in [-0.3, -0.25) is 10.1 Å². The van der Waals surface area contributed by atoms with Gasteiger partial charge < -0.3 is 0 Å². The standard InChI is InChI=1S/C7H6BrN3/c1-4-5-2-9-3-6(8)7(5)11-10-4/h2-3H,1H3,(H,10,11). The van der Waals surface area contributed by atoms with Crippen LogP contribution in [0.4, 0.5) is 0 Å². The number of aromatic amines is 1. The van der Waals surface area contributed by atoms with Gasteiger partial charge in [0.15, 0.2) is 0 Å². The van der Waals surface area contributed by atoms with E-state index in [4.69, 9.17) is 0 Å². The summed E-state index contributed by atoms with van der Waals surface area (Å²) >= 11 is 3.38. The third-order valence-corrected chi connectivity index (χ3v) is 2.23. The molecule has 0 bridgehead atoms. The predicted octanol–water partition coefficient (Wildman–Crippen LogP) is 2.03. The minimum atomic E-state index is 0.954.